The first-order valence-corrected chi connectivity index (χ1v) is 19.6. The highest BCUT2D eigenvalue weighted by molar-refractivity contribution is 5.66. The van der Waals surface area contributed by atoms with Gasteiger partial charge in [0.15, 0.2) is 6.29 Å². The average molecular weight is 737 g/mol. The zero-order valence-electron chi connectivity index (χ0n) is 33.4. The smallest absolute Gasteiger partial charge is 0.302 e. The van der Waals surface area contributed by atoms with E-state index in [9.17, 15) is 35.1 Å². The van der Waals surface area contributed by atoms with Crippen molar-refractivity contribution >= 4 is 11.9 Å². The van der Waals surface area contributed by atoms with Crippen molar-refractivity contribution in [2.24, 2.45) is 50.7 Å². The molecule has 298 valence electrons. The number of aliphatic hydroxyl groups is 5. The zero-order chi connectivity index (χ0) is 38.9. The normalized spacial score (nSPS) is 44.7. The van der Waals surface area contributed by atoms with Crippen molar-refractivity contribution < 1.29 is 54.1 Å². The summed E-state index contributed by atoms with van der Waals surface area (Å²) in [5, 5.41) is 55.1. The number of rotatable bonds is 9. The number of aliphatic hydroxyl groups excluding tert-OH is 5. The lowest BCUT2D eigenvalue weighted by Crippen LogP contribution is -2.69. The van der Waals surface area contributed by atoms with Crippen molar-refractivity contribution in [3.63, 3.8) is 0 Å². The van der Waals surface area contributed by atoms with Crippen LogP contribution in [0.25, 0.3) is 0 Å². The molecule has 52 heavy (non-hydrogen) atoms. The number of hydrogen-bond acceptors (Lipinski definition) is 11. The first kappa shape index (κ1) is 41.6. The molecular weight excluding hydrogens is 668 g/mol. The van der Waals surface area contributed by atoms with Crippen molar-refractivity contribution in [1.82, 2.24) is 0 Å². The topological polar surface area (TPSA) is 172 Å². The Labute approximate surface area is 310 Å². The van der Waals surface area contributed by atoms with E-state index in [1.165, 1.54) is 19.4 Å². The maximum atomic E-state index is 12.3. The van der Waals surface area contributed by atoms with Crippen LogP contribution in [0.3, 0.4) is 0 Å². The van der Waals surface area contributed by atoms with Gasteiger partial charge in [-0.05, 0) is 84.9 Å². The van der Waals surface area contributed by atoms with Crippen molar-refractivity contribution in [3.05, 3.63) is 11.6 Å². The van der Waals surface area contributed by atoms with E-state index in [-0.39, 0.29) is 53.2 Å². The van der Waals surface area contributed by atoms with Crippen LogP contribution in [0.15, 0.2) is 11.6 Å². The minimum Gasteiger partial charge on any atom is -0.463 e. The second-order valence-corrected chi connectivity index (χ2v) is 19.5. The van der Waals surface area contributed by atoms with Crippen LogP contribution in [-0.4, -0.2) is 99.2 Å². The summed E-state index contributed by atoms with van der Waals surface area (Å²) >= 11 is 0. The number of esters is 2. The van der Waals surface area contributed by atoms with Gasteiger partial charge in [0.2, 0.25) is 0 Å². The van der Waals surface area contributed by atoms with Crippen LogP contribution >= 0.6 is 0 Å². The summed E-state index contributed by atoms with van der Waals surface area (Å²) in [6.45, 7) is 21.8. The number of ether oxygens (including phenoxy) is 4. The number of fused-ring (bicyclic) bond motifs is 5. The Kier molecular flexibility index (Phi) is 11.6. The third-order valence-corrected chi connectivity index (χ3v) is 15.1. The lowest BCUT2D eigenvalue weighted by Gasteiger charge is -2.70. The summed E-state index contributed by atoms with van der Waals surface area (Å²) in [5.41, 5.74) is -0.429. The van der Waals surface area contributed by atoms with Crippen molar-refractivity contribution in [2.45, 2.75) is 176 Å². The molecule has 4 aliphatic carbocycles. The zero-order valence-corrected chi connectivity index (χ0v) is 33.4. The molecule has 4 fully saturated rings. The highest BCUT2D eigenvalue weighted by Crippen LogP contribution is 2.75. The minimum absolute atomic E-state index is 0.0676. The Morgan fingerprint density at radius 1 is 0.923 bits per heavy atom. The molecule has 11 heteroatoms. The lowest BCUT2D eigenvalue weighted by atomic mass is 9.36. The summed E-state index contributed by atoms with van der Waals surface area (Å²) in [6.07, 6.45) is -1.68. The molecule has 0 aromatic carbocycles. The summed E-state index contributed by atoms with van der Waals surface area (Å²) < 4.78 is 24.2. The van der Waals surface area contributed by atoms with Gasteiger partial charge in [0.05, 0.1) is 18.3 Å². The van der Waals surface area contributed by atoms with E-state index < -0.39 is 71.2 Å². The van der Waals surface area contributed by atoms with Gasteiger partial charge in [0.1, 0.15) is 37.1 Å². The van der Waals surface area contributed by atoms with Crippen LogP contribution in [0.4, 0.5) is 0 Å². The largest absolute Gasteiger partial charge is 0.463 e. The van der Waals surface area contributed by atoms with E-state index in [0.717, 1.165) is 32.1 Å². The first-order valence-electron chi connectivity index (χ1n) is 19.6. The second kappa shape index (κ2) is 14.5. The summed E-state index contributed by atoms with van der Waals surface area (Å²) in [7, 11) is 0. The quantitative estimate of drug-likeness (QED) is 0.126. The van der Waals surface area contributed by atoms with Gasteiger partial charge in [-0.2, -0.15) is 0 Å². The highest BCUT2D eigenvalue weighted by Gasteiger charge is 2.71. The molecule has 0 aromatic rings. The Bertz CT molecular complexity index is 1360. The molecule has 1 heterocycles. The Morgan fingerprint density at radius 2 is 1.58 bits per heavy atom. The van der Waals surface area contributed by atoms with E-state index in [1.807, 2.05) is 20.8 Å². The molecule has 1 saturated heterocycles. The number of allylic oxidation sites excluding steroid dienone is 2. The fraction of sp³-hybridized carbons (Fsp3) is 0.902. The van der Waals surface area contributed by atoms with Crippen LogP contribution in [0, 0.1) is 50.7 Å². The van der Waals surface area contributed by atoms with Gasteiger partial charge < -0.3 is 44.5 Å². The molecule has 0 bridgehead atoms. The molecule has 16 atom stereocenters. The van der Waals surface area contributed by atoms with Crippen LogP contribution in [0.5, 0.6) is 0 Å². The standard InChI is InChI=1S/C41H68O11/c1-21(18-26(44)35(48)37(4,5)6)24-14-17-40(10)25(24)12-13-28-39(9)16-15-30(50-23(3)43)38(7,8)29(39)19-31(41(28,40)11)52-36-34(47)33(46)32(45)27(51-36)20-49-22(2)42/h12,21,24,26-36,44-48H,13-20H2,1-11H3/t21-,24+,26+,27+,28+,29-,30+,31-,32+,33-,34-,35-,36-,39+,40+,41+/m1/s1. The predicted molar refractivity (Wildman–Crippen MR) is 193 cm³/mol. The van der Waals surface area contributed by atoms with E-state index in [2.05, 4.69) is 47.6 Å². The SMILES string of the molecule is CC(=O)OC[C@@H]1O[C@H](O[C@@H]2C[C@@H]3C(C)(C)[C@@H](OC(C)=O)CC[C@@]3(C)[C@@H]3CC=C4[C@H]([C@H](C)C[C@H](O)[C@@H](O)C(C)(C)C)CC[C@]4(C)[C@]23C)[C@H](O)[C@H](O)[C@H]1O. The number of carbonyl (C=O) groups is 2. The summed E-state index contributed by atoms with van der Waals surface area (Å²) in [4.78, 5) is 23.9. The van der Waals surface area contributed by atoms with Crippen molar-refractivity contribution in [2.75, 3.05) is 6.61 Å². The summed E-state index contributed by atoms with van der Waals surface area (Å²) in [6, 6.07) is 0. The van der Waals surface area contributed by atoms with Crippen LogP contribution in [-0.2, 0) is 28.5 Å². The molecule has 0 amide bonds. The molecule has 0 unspecified atom stereocenters. The van der Waals surface area contributed by atoms with Crippen LogP contribution in [0.1, 0.15) is 121 Å². The first-order chi connectivity index (χ1) is 23.9. The van der Waals surface area contributed by atoms with Gasteiger partial charge in [0, 0.05) is 24.7 Å². The number of carbonyl (C=O) groups excluding carboxylic acids is 2. The van der Waals surface area contributed by atoms with Gasteiger partial charge in [-0.25, -0.2) is 0 Å². The molecule has 11 nitrogen and oxygen atoms in total. The number of hydrogen-bond donors (Lipinski definition) is 5. The van der Waals surface area contributed by atoms with E-state index in [4.69, 9.17) is 18.9 Å². The van der Waals surface area contributed by atoms with Crippen molar-refractivity contribution in [3.8, 4) is 0 Å². The maximum absolute atomic E-state index is 12.3. The third-order valence-electron chi connectivity index (χ3n) is 15.1. The highest BCUT2D eigenvalue weighted by atomic mass is 16.7. The van der Waals surface area contributed by atoms with Gasteiger partial charge in [0.25, 0.3) is 0 Å². The molecular formula is C41H68O11. The Morgan fingerprint density at radius 3 is 2.17 bits per heavy atom. The molecule has 5 N–H and O–H groups in total. The molecule has 0 spiro atoms. The molecule has 5 aliphatic rings. The molecule has 0 radical (unpaired) electrons. The Balaban J connectivity index is 1.54. The third kappa shape index (κ3) is 6.92. The van der Waals surface area contributed by atoms with Gasteiger partial charge in [-0.15, -0.1) is 0 Å². The van der Waals surface area contributed by atoms with Gasteiger partial charge >= 0.3 is 11.9 Å². The monoisotopic (exact) mass is 736 g/mol. The summed E-state index contributed by atoms with van der Waals surface area (Å²) in [5.74, 6) is -0.328. The maximum Gasteiger partial charge on any atom is 0.302 e. The van der Waals surface area contributed by atoms with Crippen molar-refractivity contribution in [1.29, 1.82) is 0 Å². The fourth-order valence-corrected chi connectivity index (χ4v) is 12.0. The average Bonchev–Trinajstić information content (AvgIpc) is 3.40. The Hall–Kier alpha value is -1.60. The van der Waals surface area contributed by atoms with Gasteiger partial charge in [-0.1, -0.05) is 74.0 Å². The lowest BCUT2D eigenvalue weighted by molar-refractivity contribution is -0.343. The molecule has 3 saturated carbocycles. The molecule has 5 rings (SSSR count). The van der Waals surface area contributed by atoms with Crippen LogP contribution < -0.4 is 0 Å². The second-order valence-electron chi connectivity index (χ2n) is 19.5. The minimum atomic E-state index is -1.58. The van der Waals surface area contributed by atoms with E-state index in [0.29, 0.717) is 12.8 Å². The van der Waals surface area contributed by atoms with Crippen LogP contribution in [0.2, 0.25) is 0 Å². The van der Waals surface area contributed by atoms with E-state index in [1.54, 1.807) is 0 Å². The fourth-order valence-electron chi connectivity index (χ4n) is 12.0. The molecule has 0 aromatic heterocycles. The van der Waals surface area contributed by atoms with E-state index >= 15 is 0 Å². The van der Waals surface area contributed by atoms with Gasteiger partial charge in [-0.3, -0.25) is 9.59 Å². The molecule has 1 aliphatic heterocycles. The predicted octanol–water partition coefficient (Wildman–Crippen LogP) is 4.68.